The molecule has 0 saturated heterocycles. The Morgan fingerprint density at radius 3 is 2.57 bits per heavy atom. The van der Waals surface area contributed by atoms with Crippen molar-refractivity contribution in [3.05, 3.63) is 34.3 Å². The Balaban J connectivity index is 2.71. The zero-order chi connectivity index (χ0) is 10.6. The zero-order valence-corrected chi connectivity index (χ0v) is 9.34. The van der Waals surface area contributed by atoms with Gasteiger partial charge in [-0.05, 0) is 30.5 Å². The van der Waals surface area contributed by atoms with Crippen LogP contribution < -0.4 is 5.32 Å². The summed E-state index contributed by atoms with van der Waals surface area (Å²) in [6.45, 7) is 1.89. The minimum Gasteiger partial charge on any atom is -0.339 e. The van der Waals surface area contributed by atoms with Crippen LogP contribution in [0.5, 0.6) is 0 Å². The molecule has 14 heavy (non-hydrogen) atoms. The molecule has 1 atom stereocenters. The first-order valence-electron chi connectivity index (χ1n) is 4.16. The molecule has 0 fully saturated rings. The molecule has 0 saturated carbocycles. The van der Waals surface area contributed by atoms with Gasteiger partial charge < -0.3 is 5.32 Å². The van der Waals surface area contributed by atoms with Crippen LogP contribution in [0.25, 0.3) is 0 Å². The Hall–Kier alpha value is -1.27. The van der Waals surface area contributed by atoms with Crippen molar-refractivity contribution in [2.24, 2.45) is 0 Å². The molecule has 1 aromatic rings. The molecular weight excluding hydrogens is 242 g/mol. The smallest absolute Gasteiger partial charge is 0.296 e. The summed E-state index contributed by atoms with van der Waals surface area (Å²) in [6.07, 6.45) is 4.95. The summed E-state index contributed by atoms with van der Waals surface area (Å²) >= 11 is 3.34. The molecule has 1 rings (SSSR count). The number of nitrogens with one attached hydrogen (secondary N) is 1. The monoisotopic (exact) mass is 251 g/mol. The molecule has 0 spiro atoms. The van der Waals surface area contributed by atoms with Crippen LogP contribution in [-0.4, -0.2) is 5.91 Å². The lowest BCUT2D eigenvalue weighted by molar-refractivity contribution is -0.116. The second-order valence-corrected chi connectivity index (χ2v) is 3.81. The molecule has 0 bridgehead atoms. The number of carbonyl (C=O) groups excluding carboxylic acids is 1. The van der Waals surface area contributed by atoms with Gasteiger partial charge in [-0.3, -0.25) is 4.79 Å². The average Bonchev–Trinajstić information content (AvgIpc) is 2.18. The van der Waals surface area contributed by atoms with Crippen LogP contribution in [0.15, 0.2) is 28.7 Å². The Kier molecular flexibility index (Phi) is 3.73. The van der Waals surface area contributed by atoms with Gasteiger partial charge in [-0.25, -0.2) is 0 Å². The maximum absolute atomic E-state index is 10.9. The van der Waals surface area contributed by atoms with Crippen LogP contribution in [0.4, 0.5) is 0 Å². The first-order valence-corrected chi connectivity index (χ1v) is 4.95. The topological polar surface area (TPSA) is 29.1 Å². The minimum atomic E-state index is -0.389. The molecule has 0 aliphatic heterocycles. The Labute approximate surface area is 91.8 Å². The van der Waals surface area contributed by atoms with E-state index in [1.807, 2.05) is 37.1 Å². The lowest BCUT2D eigenvalue weighted by Gasteiger charge is -2.11. The molecule has 2 nitrogen and oxygen atoms in total. The first-order chi connectivity index (χ1) is 6.63. The lowest BCUT2D eigenvalue weighted by atomic mass is 10.1. The maximum atomic E-state index is 10.9. The predicted molar refractivity (Wildman–Crippen MR) is 59.5 cm³/mol. The van der Waals surface area contributed by atoms with Gasteiger partial charge in [0.1, 0.15) is 0 Å². The summed E-state index contributed by atoms with van der Waals surface area (Å²) < 4.78 is 1.01. The fourth-order valence-electron chi connectivity index (χ4n) is 1.07. The number of amides is 1. The van der Waals surface area contributed by atoms with Crippen LogP contribution in [-0.2, 0) is 4.79 Å². The van der Waals surface area contributed by atoms with E-state index in [0.717, 1.165) is 10.0 Å². The summed E-state index contributed by atoms with van der Waals surface area (Å²) in [7, 11) is 0. The van der Waals surface area contributed by atoms with E-state index in [-0.39, 0.29) is 11.9 Å². The molecular formula is C11H10BrNO. The van der Waals surface area contributed by atoms with E-state index in [1.165, 1.54) is 0 Å². The van der Waals surface area contributed by atoms with Gasteiger partial charge in [0, 0.05) is 4.47 Å². The number of benzene rings is 1. The number of terminal acetylenes is 1. The van der Waals surface area contributed by atoms with Gasteiger partial charge in [0.2, 0.25) is 0 Å². The van der Waals surface area contributed by atoms with E-state index in [1.54, 1.807) is 0 Å². The molecule has 0 aliphatic carbocycles. The quantitative estimate of drug-likeness (QED) is 0.803. The summed E-state index contributed by atoms with van der Waals surface area (Å²) in [5.41, 5.74) is 1.02. The highest BCUT2D eigenvalue weighted by molar-refractivity contribution is 9.10. The minimum absolute atomic E-state index is 0.0633. The molecule has 1 amide bonds. The molecule has 1 aromatic carbocycles. The molecule has 1 unspecified atom stereocenters. The maximum Gasteiger partial charge on any atom is 0.296 e. The van der Waals surface area contributed by atoms with E-state index in [4.69, 9.17) is 6.42 Å². The molecule has 1 N–H and O–H groups in total. The Morgan fingerprint density at radius 1 is 1.50 bits per heavy atom. The average molecular weight is 252 g/mol. The normalized spacial score (nSPS) is 11.5. The highest BCUT2D eigenvalue weighted by Crippen LogP contribution is 2.16. The number of hydrogen-bond acceptors (Lipinski definition) is 1. The van der Waals surface area contributed by atoms with Crippen LogP contribution in [0.1, 0.15) is 18.5 Å². The van der Waals surface area contributed by atoms with Crippen LogP contribution in [0.2, 0.25) is 0 Å². The summed E-state index contributed by atoms with van der Waals surface area (Å²) in [5.74, 6) is 1.63. The molecule has 0 aliphatic rings. The van der Waals surface area contributed by atoms with Gasteiger partial charge >= 0.3 is 0 Å². The molecule has 0 radical (unpaired) electrons. The van der Waals surface area contributed by atoms with Crippen molar-refractivity contribution < 1.29 is 4.79 Å². The van der Waals surface area contributed by atoms with Gasteiger partial charge in [0.05, 0.1) is 6.04 Å². The Bertz CT molecular complexity index is 364. The third-order valence-electron chi connectivity index (χ3n) is 1.85. The molecule has 0 aromatic heterocycles. The number of halogens is 1. The molecule has 0 heterocycles. The van der Waals surface area contributed by atoms with Gasteiger partial charge in [-0.1, -0.05) is 28.1 Å². The SMILES string of the molecule is C#CC(=O)NC(C)c1ccc(Br)cc1. The first kappa shape index (κ1) is 10.8. The zero-order valence-electron chi connectivity index (χ0n) is 7.75. The van der Waals surface area contributed by atoms with Crippen molar-refractivity contribution in [2.45, 2.75) is 13.0 Å². The van der Waals surface area contributed by atoms with E-state index in [9.17, 15) is 4.79 Å². The fraction of sp³-hybridized carbons (Fsp3) is 0.182. The second kappa shape index (κ2) is 4.83. The highest BCUT2D eigenvalue weighted by Gasteiger charge is 2.06. The standard InChI is InChI=1S/C11H10BrNO/c1-3-11(14)13-8(2)9-4-6-10(12)7-5-9/h1,4-8H,2H3,(H,13,14). The van der Waals surface area contributed by atoms with E-state index in [2.05, 4.69) is 21.2 Å². The van der Waals surface area contributed by atoms with Crippen molar-refractivity contribution in [3.8, 4) is 12.3 Å². The predicted octanol–water partition coefficient (Wildman–Crippen LogP) is 2.26. The van der Waals surface area contributed by atoms with E-state index in [0.29, 0.717) is 0 Å². The fourth-order valence-corrected chi connectivity index (χ4v) is 1.34. The van der Waals surface area contributed by atoms with Crippen LogP contribution in [0.3, 0.4) is 0 Å². The summed E-state index contributed by atoms with van der Waals surface area (Å²) in [6, 6.07) is 7.66. The number of carbonyl (C=O) groups is 1. The van der Waals surface area contributed by atoms with Crippen molar-refractivity contribution in [1.29, 1.82) is 0 Å². The Morgan fingerprint density at radius 2 is 2.07 bits per heavy atom. The molecule has 72 valence electrons. The van der Waals surface area contributed by atoms with Crippen molar-refractivity contribution >= 4 is 21.8 Å². The lowest BCUT2D eigenvalue weighted by Crippen LogP contribution is -2.24. The van der Waals surface area contributed by atoms with E-state index < -0.39 is 0 Å². The number of hydrogen-bond donors (Lipinski definition) is 1. The van der Waals surface area contributed by atoms with Crippen molar-refractivity contribution in [1.82, 2.24) is 5.32 Å². The second-order valence-electron chi connectivity index (χ2n) is 2.89. The largest absolute Gasteiger partial charge is 0.339 e. The molecule has 3 heteroatoms. The van der Waals surface area contributed by atoms with Gasteiger partial charge in [0.25, 0.3) is 5.91 Å². The van der Waals surface area contributed by atoms with Crippen LogP contribution >= 0.6 is 15.9 Å². The number of rotatable bonds is 2. The van der Waals surface area contributed by atoms with Gasteiger partial charge in [-0.15, -0.1) is 6.42 Å². The van der Waals surface area contributed by atoms with Crippen molar-refractivity contribution in [2.75, 3.05) is 0 Å². The summed E-state index contributed by atoms with van der Waals surface area (Å²) in [4.78, 5) is 10.9. The summed E-state index contributed by atoms with van der Waals surface area (Å²) in [5, 5.41) is 2.67. The van der Waals surface area contributed by atoms with Gasteiger partial charge in [-0.2, -0.15) is 0 Å². The van der Waals surface area contributed by atoms with Crippen molar-refractivity contribution in [3.63, 3.8) is 0 Å². The third kappa shape index (κ3) is 2.90. The van der Waals surface area contributed by atoms with Crippen LogP contribution in [0, 0.1) is 12.3 Å². The third-order valence-corrected chi connectivity index (χ3v) is 2.38. The van der Waals surface area contributed by atoms with Gasteiger partial charge in [0.15, 0.2) is 0 Å². The van der Waals surface area contributed by atoms with E-state index >= 15 is 0 Å². The highest BCUT2D eigenvalue weighted by atomic mass is 79.9.